The second-order valence-electron chi connectivity index (χ2n) is 5.97. The molecular weight excluding hydrogens is 354 g/mol. The van der Waals surface area contributed by atoms with Gasteiger partial charge in [-0.15, -0.1) is 0 Å². The highest BCUT2D eigenvalue weighted by molar-refractivity contribution is 6.07. The smallest absolute Gasteiger partial charge is 0.255 e. The zero-order valence-electron chi connectivity index (χ0n) is 15.1. The summed E-state index contributed by atoms with van der Waals surface area (Å²) in [5.41, 5.74) is 6.35. The van der Waals surface area contributed by atoms with Crippen LogP contribution in [-0.4, -0.2) is 18.3 Å². The van der Waals surface area contributed by atoms with Crippen molar-refractivity contribution in [3.8, 4) is 17.2 Å². The van der Waals surface area contributed by atoms with E-state index in [0.29, 0.717) is 17.1 Å². The Morgan fingerprint density at radius 3 is 2.32 bits per heavy atom. The third kappa shape index (κ3) is 5.57. The molecule has 3 aromatic carbocycles. The van der Waals surface area contributed by atoms with Crippen LogP contribution in [0.2, 0.25) is 0 Å². The molecule has 5 nitrogen and oxygen atoms in total. The van der Waals surface area contributed by atoms with Crippen molar-refractivity contribution in [2.24, 2.45) is 5.73 Å². The number of nitrogens with two attached hydrogens (primary N) is 1. The summed E-state index contributed by atoms with van der Waals surface area (Å²) in [5.74, 6) is 1.08. The van der Waals surface area contributed by atoms with Crippen LogP contribution in [0.1, 0.15) is 15.9 Å². The van der Waals surface area contributed by atoms with Gasteiger partial charge in [0.15, 0.2) is 12.4 Å². The molecule has 0 aliphatic heterocycles. The molecule has 3 aromatic rings. The highest BCUT2D eigenvalue weighted by Crippen LogP contribution is 2.22. The topological polar surface area (TPSA) is 78.6 Å². The molecule has 0 heterocycles. The number of carbonyl (C=O) groups excluding carboxylic acids is 2. The van der Waals surface area contributed by atoms with E-state index < -0.39 is 5.91 Å². The first-order chi connectivity index (χ1) is 13.6. The molecule has 2 N–H and O–H groups in total. The van der Waals surface area contributed by atoms with Crippen LogP contribution in [0.3, 0.4) is 0 Å². The van der Waals surface area contributed by atoms with Gasteiger partial charge in [0.2, 0.25) is 0 Å². The molecule has 0 unspecified atom stereocenters. The van der Waals surface area contributed by atoms with Crippen LogP contribution in [0, 0.1) is 0 Å². The second kappa shape index (κ2) is 9.19. The molecule has 0 saturated carbocycles. The summed E-state index contributed by atoms with van der Waals surface area (Å²) < 4.78 is 11.0. The standard InChI is InChI=1S/C23H19NO4/c24-23(26)16-27-20-10-5-7-18(15-20)22(25)13-12-17-6-4-11-21(14-17)28-19-8-2-1-3-9-19/h1-15H,16H2,(H2,24,26)/b13-12+. The van der Waals surface area contributed by atoms with Gasteiger partial charge >= 0.3 is 0 Å². The quantitative estimate of drug-likeness (QED) is 0.473. The zero-order valence-corrected chi connectivity index (χ0v) is 15.1. The lowest BCUT2D eigenvalue weighted by Crippen LogP contribution is -2.20. The molecule has 0 atom stereocenters. The third-order valence-corrected chi connectivity index (χ3v) is 3.76. The highest BCUT2D eigenvalue weighted by Gasteiger charge is 2.05. The molecule has 0 fully saturated rings. The number of primary amides is 1. The Labute approximate surface area is 163 Å². The van der Waals surface area contributed by atoms with Crippen LogP contribution in [-0.2, 0) is 4.79 Å². The number of hydrogen-bond donors (Lipinski definition) is 1. The summed E-state index contributed by atoms with van der Waals surface area (Å²) >= 11 is 0. The van der Waals surface area contributed by atoms with Crippen LogP contribution in [0.15, 0.2) is 84.9 Å². The van der Waals surface area contributed by atoms with Gasteiger partial charge in [-0.05, 0) is 48.0 Å². The average Bonchev–Trinajstić information content (AvgIpc) is 2.72. The van der Waals surface area contributed by atoms with Gasteiger partial charge in [-0.2, -0.15) is 0 Å². The van der Waals surface area contributed by atoms with Crippen molar-refractivity contribution >= 4 is 17.8 Å². The number of carbonyl (C=O) groups is 2. The Morgan fingerprint density at radius 1 is 0.821 bits per heavy atom. The Kier molecular flexibility index (Phi) is 6.21. The van der Waals surface area contributed by atoms with E-state index in [0.717, 1.165) is 11.3 Å². The lowest BCUT2D eigenvalue weighted by atomic mass is 10.1. The van der Waals surface area contributed by atoms with Crippen molar-refractivity contribution in [3.63, 3.8) is 0 Å². The van der Waals surface area contributed by atoms with E-state index in [1.807, 2.05) is 54.6 Å². The number of rotatable bonds is 8. The normalized spacial score (nSPS) is 10.6. The van der Waals surface area contributed by atoms with E-state index in [1.54, 1.807) is 30.3 Å². The molecule has 0 aromatic heterocycles. The predicted molar refractivity (Wildman–Crippen MR) is 107 cm³/mol. The fourth-order valence-electron chi connectivity index (χ4n) is 2.47. The molecule has 0 saturated heterocycles. The van der Waals surface area contributed by atoms with E-state index >= 15 is 0 Å². The van der Waals surface area contributed by atoms with Gasteiger partial charge < -0.3 is 15.2 Å². The Balaban J connectivity index is 1.68. The third-order valence-electron chi connectivity index (χ3n) is 3.76. The summed E-state index contributed by atoms with van der Waals surface area (Å²) in [6, 6.07) is 23.5. The molecule has 0 bridgehead atoms. The van der Waals surface area contributed by atoms with Crippen molar-refractivity contribution in [2.75, 3.05) is 6.61 Å². The maximum absolute atomic E-state index is 12.4. The van der Waals surface area contributed by atoms with E-state index in [4.69, 9.17) is 15.2 Å². The monoisotopic (exact) mass is 373 g/mol. The van der Waals surface area contributed by atoms with E-state index in [9.17, 15) is 9.59 Å². The highest BCUT2D eigenvalue weighted by atomic mass is 16.5. The number of ketones is 1. The van der Waals surface area contributed by atoms with Crippen LogP contribution in [0.5, 0.6) is 17.2 Å². The van der Waals surface area contributed by atoms with Crippen LogP contribution in [0.25, 0.3) is 6.08 Å². The van der Waals surface area contributed by atoms with Crippen molar-refractivity contribution in [3.05, 3.63) is 96.1 Å². The van der Waals surface area contributed by atoms with Gasteiger partial charge in [-0.1, -0.05) is 48.5 Å². The largest absolute Gasteiger partial charge is 0.484 e. The van der Waals surface area contributed by atoms with E-state index in [1.165, 1.54) is 6.08 Å². The summed E-state index contributed by atoms with van der Waals surface area (Å²) in [6.07, 6.45) is 3.20. The van der Waals surface area contributed by atoms with E-state index in [-0.39, 0.29) is 12.4 Å². The summed E-state index contributed by atoms with van der Waals surface area (Å²) in [4.78, 5) is 23.2. The van der Waals surface area contributed by atoms with Gasteiger partial charge in [0.25, 0.3) is 5.91 Å². The summed E-state index contributed by atoms with van der Waals surface area (Å²) in [7, 11) is 0. The number of amides is 1. The lowest BCUT2D eigenvalue weighted by Gasteiger charge is -2.06. The Morgan fingerprint density at radius 2 is 1.54 bits per heavy atom. The molecule has 140 valence electrons. The zero-order chi connectivity index (χ0) is 19.8. The number of para-hydroxylation sites is 1. The van der Waals surface area contributed by atoms with E-state index in [2.05, 4.69) is 0 Å². The van der Waals surface area contributed by atoms with Gasteiger partial charge in [0.1, 0.15) is 17.2 Å². The molecule has 0 spiro atoms. The van der Waals surface area contributed by atoms with Crippen LogP contribution < -0.4 is 15.2 Å². The number of ether oxygens (including phenoxy) is 2. The molecule has 28 heavy (non-hydrogen) atoms. The Hall–Kier alpha value is -3.86. The minimum atomic E-state index is -0.575. The maximum atomic E-state index is 12.4. The number of allylic oxidation sites excluding steroid dienone is 1. The molecule has 0 aliphatic carbocycles. The second-order valence-corrected chi connectivity index (χ2v) is 5.97. The maximum Gasteiger partial charge on any atom is 0.255 e. The molecular formula is C23H19NO4. The van der Waals surface area contributed by atoms with Gasteiger partial charge in [-0.25, -0.2) is 0 Å². The Bertz CT molecular complexity index is 996. The van der Waals surface area contributed by atoms with Crippen LogP contribution >= 0.6 is 0 Å². The molecule has 3 rings (SSSR count). The average molecular weight is 373 g/mol. The predicted octanol–water partition coefficient (Wildman–Crippen LogP) is 4.24. The van der Waals surface area contributed by atoms with Crippen molar-refractivity contribution in [2.45, 2.75) is 0 Å². The first kappa shape index (κ1) is 18.9. The van der Waals surface area contributed by atoms with Crippen molar-refractivity contribution in [1.29, 1.82) is 0 Å². The number of benzene rings is 3. The van der Waals surface area contributed by atoms with Gasteiger partial charge in [0.05, 0.1) is 0 Å². The fraction of sp³-hybridized carbons (Fsp3) is 0.0435. The van der Waals surface area contributed by atoms with Gasteiger partial charge in [-0.3, -0.25) is 9.59 Å². The van der Waals surface area contributed by atoms with Crippen molar-refractivity contribution < 1.29 is 19.1 Å². The summed E-state index contributed by atoms with van der Waals surface area (Å²) in [5, 5.41) is 0. The fourth-order valence-corrected chi connectivity index (χ4v) is 2.47. The molecule has 5 heteroatoms. The number of hydrogen-bond acceptors (Lipinski definition) is 4. The minimum Gasteiger partial charge on any atom is -0.484 e. The minimum absolute atomic E-state index is 0.182. The SMILES string of the molecule is NC(=O)COc1cccc(C(=O)/C=C/c2cccc(Oc3ccccc3)c2)c1. The lowest BCUT2D eigenvalue weighted by molar-refractivity contribution is -0.119. The molecule has 1 amide bonds. The van der Waals surface area contributed by atoms with Crippen molar-refractivity contribution in [1.82, 2.24) is 0 Å². The molecule has 0 radical (unpaired) electrons. The summed E-state index contributed by atoms with van der Waals surface area (Å²) in [6.45, 7) is -0.234. The van der Waals surface area contributed by atoms with Crippen LogP contribution in [0.4, 0.5) is 0 Å². The van der Waals surface area contributed by atoms with Gasteiger partial charge in [0, 0.05) is 5.56 Å². The first-order valence-electron chi connectivity index (χ1n) is 8.67. The first-order valence-corrected chi connectivity index (χ1v) is 8.67. The molecule has 0 aliphatic rings.